The maximum absolute atomic E-state index is 11.0. The number of nitrogens with zero attached hydrogens (tertiary/aromatic N) is 3. The van der Waals surface area contributed by atoms with Gasteiger partial charge in [-0.1, -0.05) is 17.7 Å². The van der Waals surface area contributed by atoms with Gasteiger partial charge in [0.2, 0.25) is 0 Å². The number of benzene rings is 1. The lowest BCUT2D eigenvalue weighted by Crippen LogP contribution is -2.29. The van der Waals surface area contributed by atoms with Crippen LogP contribution >= 0.6 is 0 Å². The highest BCUT2D eigenvalue weighted by Crippen LogP contribution is 2.17. The Morgan fingerprint density at radius 1 is 1.26 bits per heavy atom. The van der Waals surface area contributed by atoms with E-state index in [1.54, 1.807) is 17.2 Å². The first-order valence-corrected chi connectivity index (χ1v) is 5.93. The standard InChI is InChI=1S/C14H15N3O2/c1-11-2-4-13(5-3-11)17(9-14(18)19)8-12-6-7-15-10-16-12/h2-7,10H,8-9H2,1H3,(H,18,19). The number of carboxylic acids is 1. The molecule has 0 unspecified atom stereocenters. The van der Waals surface area contributed by atoms with Gasteiger partial charge in [-0.3, -0.25) is 4.79 Å². The molecule has 0 saturated carbocycles. The molecule has 1 N–H and O–H groups in total. The molecular weight excluding hydrogens is 242 g/mol. The van der Waals surface area contributed by atoms with E-state index in [-0.39, 0.29) is 6.54 Å². The minimum Gasteiger partial charge on any atom is -0.480 e. The molecule has 1 heterocycles. The summed E-state index contributed by atoms with van der Waals surface area (Å²) in [6.45, 7) is 2.38. The number of rotatable bonds is 5. The minimum atomic E-state index is -0.866. The lowest BCUT2D eigenvalue weighted by Gasteiger charge is -2.22. The number of anilines is 1. The van der Waals surface area contributed by atoms with E-state index in [4.69, 9.17) is 5.11 Å². The van der Waals surface area contributed by atoms with E-state index in [9.17, 15) is 4.79 Å². The van der Waals surface area contributed by atoms with E-state index in [1.807, 2.05) is 31.2 Å². The highest BCUT2D eigenvalue weighted by Gasteiger charge is 2.11. The van der Waals surface area contributed by atoms with Gasteiger partial charge in [-0.2, -0.15) is 0 Å². The van der Waals surface area contributed by atoms with Crippen LogP contribution in [0.4, 0.5) is 5.69 Å². The Balaban J connectivity index is 2.20. The van der Waals surface area contributed by atoms with E-state index in [0.29, 0.717) is 6.54 Å². The molecule has 1 aromatic heterocycles. The molecule has 0 atom stereocenters. The van der Waals surface area contributed by atoms with Crippen LogP contribution in [0.1, 0.15) is 11.3 Å². The normalized spacial score (nSPS) is 10.2. The van der Waals surface area contributed by atoms with Crippen molar-refractivity contribution in [3.63, 3.8) is 0 Å². The molecule has 19 heavy (non-hydrogen) atoms. The number of hydrogen-bond donors (Lipinski definition) is 1. The number of aliphatic carboxylic acids is 1. The maximum atomic E-state index is 11.0. The summed E-state index contributed by atoms with van der Waals surface area (Å²) in [6, 6.07) is 9.54. The summed E-state index contributed by atoms with van der Waals surface area (Å²) in [7, 11) is 0. The van der Waals surface area contributed by atoms with Crippen molar-refractivity contribution in [2.45, 2.75) is 13.5 Å². The van der Waals surface area contributed by atoms with Crippen molar-refractivity contribution in [2.75, 3.05) is 11.4 Å². The molecule has 0 radical (unpaired) electrons. The lowest BCUT2D eigenvalue weighted by atomic mass is 10.2. The summed E-state index contributed by atoms with van der Waals surface area (Å²) in [4.78, 5) is 20.7. The number of aryl methyl sites for hydroxylation is 1. The SMILES string of the molecule is Cc1ccc(N(CC(=O)O)Cc2ccncn2)cc1. The van der Waals surface area contributed by atoms with Crippen molar-refractivity contribution >= 4 is 11.7 Å². The Morgan fingerprint density at radius 2 is 2.00 bits per heavy atom. The van der Waals surface area contributed by atoms with Crippen molar-refractivity contribution in [1.29, 1.82) is 0 Å². The van der Waals surface area contributed by atoms with Crippen molar-refractivity contribution in [3.8, 4) is 0 Å². The number of hydrogen-bond acceptors (Lipinski definition) is 4. The van der Waals surface area contributed by atoms with Crippen LogP contribution in [0.25, 0.3) is 0 Å². The third kappa shape index (κ3) is 3.77. The summed E-state index contributed by atoms with van der Waals surface area (Å²) in [5, 5.41) is 9.00. The van der Waals surface area contributed by atoms with Gasteiger partial charge >= 0.3 is 5.97 Å². The maximum Gasteiger partial charge on any atom is 0.323 e. The van der Waals surface area contributed by atoms with Crippen LogP contribution in [0, 0.1) is 6.92 Å². The summed E-state index contributed by atoms with van der Waals surface area (Å²) < 4.78 is 0. The monoisotopic (exact) mass is 257 g/mol. The molecule has 0 aliphatic rings. The molecule has 0 bridgehead atoms. The average Bonchev–Trinajstić information content (AvgIpc) is 2.39. The molecule has 5 nitrogen and oxygen atoms in total. The highest BCUT2D eigenvalue weighted by molar-refractivity contribution is 5.73. The summed E-state index contributed by atoms with van der Waals surface area (Å²) in [5.74, 6) is -0.866. The third-order valence-electron chi connectivity index (χ3n) is 2.72. The third-order valence-corrected chi connectivity index (χ3v) is 2.72. The van der Waals surface area contributed by atoms with Gasteiger partial charge in [-0.25, -0.2) is 9.97 Å². The van der Waals surface area contributed by atoms with Crippen molar-refractivity contribution < 1.29 is 9.90 Å². The zero-order valence-electron chi connectivity index (χ0n) is 10.7. The summed E-state index contributed by atoms with van der Waals surface area (Å²) >= 11 is 0. The molecule has 0 aliphatic heterocycles. The van der Waals surface area contributed by atoms with Gasteiger partial charge in [-0.15, -0.1) is 0 Å². The zero-order valence-corrected chi connectivity index (χ0v) is 10.7. The Labute approximate surface area is 111 Å². The second kappa shape index (κ2) is 5.95. The minimum absolute atomic E-state index is 0.0624. The van der Waals surface area contributed by atoms with Crippen LogP contribution in [0.5, 0.6) is 0 Å². The van der Waals surface area contributed by atoms with Gasteiger partial charge in [0.15, 0.2) is 0 Å². The van der Waals surface area contributed by atoms with Crippen LogP contribution in [0.2, 0.25) is 0 Å². The number of carbonyl (C=O) groups is 1. The van der Waals surface area contributed by atoms with E-state index in [1.165, 1.54) is 6.33 Å². The second-order valence-corrected chi connectivity index (χ2v) is 4.29. The molecule has 0 saturated heterocycles. The Morgan fingerprint density at radius 3 is 2.58 bits per heavy atom. The van der Waals surface area contributed by atoms with Crippen LogP contribution in [-0.2, 0) is 11.3 Å². The fourth-order valence-corrected chi connectivity index (χ4v) is 1.76. The van der Waals surface area contributed by atoms with Gasteiger partial charge in [0.05, 0.1) is 12.2 Å². The first kappa shape index (κ1) is 13.0. The topological polar surface area (TPSA) is 66.3 Å². The fraction of sp³-hybridized carbons (Fsp3) is 0.214. The molecule has 2 rings (SSSR count). The lowest BCUT2D eigenvalue weighted by molar-refractivity contribution is -0.135. The van der Waals surface area contributed by atoms with E-state index in [0.717, 1.165) is 16.9 Å². The Kier molecular flexibility index (Phi) is 4.07. The van der Waals surface area contributed by atoms with Crippen LogP contribution < -0.4 is 4.90 Å². The molecule has 0 amide bonds. The number of carboxylic acid groups (broad SMARTS) is 1. The van der Waals surface area contributed by atoms with Crippen molar-refractivity contribution in [1.82, 2.24) is 9.97 Å². The summed E-state index contributed by atoms with van der Waals surface area (Å²) in [5.41, 5.74) is 2.80. The van der Waals surface area contributed by atoms with Gasteiger partial charge in [0.1, 0.15) is 12.9 Å². The van der Waals surface area contributed by atoms with E-state index < -0.39 is 5.97 Å². The summed E-state index contributed by atoms with van der Waals surface area (Å²) in [6.07, 6.45) is 3.11. The van der Waals surface area contributed by atoms with Crippen LogP contribution in [0.3, 0.4) is 0 Å². The first-order chi connectivity index (χ1) is 9.15. The van der Waals surface area contributed by atoms with Crippen molar-refractivity contribution in [3.05, 3.63) is 54.1 Å². The van der Waals surface area contributed by atoms with Crippen LogP contribution in [-0.4, -0.2) is 27.6 Å². The van der Waals surface area contributed by atoms with E-state index >= 15 is 0 Å². The Hall–Kier alpha value is -2.43. The highest BCUT2D eigenvalue weighted by atomic mass is 16.4. The molecular formula is C14H15N3O2. The van der Waals surface area contributed by atoms with Gasteiger partial charge in [-0.05, 0) is 25.1 Å². The molecule has 2 aromatic rings. The van der Waals surface area contributed by atoms with Gasteiger partial charge in [0.25, 0.3) is 0 Å². The average molecular weight is 257 g/mol. The van der Waals surface area contributed by atoms with Crippen molar-refractivity contribution in [2.24, 2.45) is 0 Å². The quantitative estimate of drug-likeness (QED) is 0.885. The van der Waals surface area contributed by atoms with Crippen LogP contribution in [0.15, 0.2) is 42.9 Å². The second-order valence-electron chi connectivity index (χ2n) is 4.29. The molecule has 5 heteroatoms. The fourth-order valence-electron chi connectivity index (χ4n) is 1.76. The molecule has 98 valence electrons. The molecule has 0 spiro atoms. The first-order valence-electron chi connectivity index (χ1n) is 5.93. The Bertz CT molecular complexity index is 540. The molecule has 0 aliphatic carbocycles. The largest absolute Gasteiger partial charge is 0.480 e. The van der Waals surface area contributed by atoms with Gasteiger partial charge < -0.3 is 10.0 Å². The smallest absolute Gasteiger partial charge is 0.323 e. The molecule has 0 fully saturated rings. The predicted molar refractivity (Wildman–Crippen MR) is 71.9 cm³/mol. The molecule has 1 aromatic carbocycles. The number of aromatic nitrogens is 2. The predicted octanol–water partition coefficient (Wildman–Crippen LogP) is 1.88. The van der Waals surface area contributed by atoms with E-state index in [2.05, 4.69) is 9.97 Å². The zero-order chi connectivity index (χ0) is 13.7. The van der Waals surface area contributed by atoms with Gasteiger partial charge in [0, 0.05) is 11.9 Å².